The molecule has 0 saturated carbocycles. The second kappa shape index (κ2) is 9.36. The van der Waals surface area contributed by atoms with Crippen LogP contribution in [0.15, 0.2) is 12.2 Å². The normalized spacial score (nSPS) is 15.0. The number of rotatable bonds is 8. The first-order valence-electron chi connectivity index (χ1n) is 5.74. The Bertz CT molecular complexity index is 213. The van der Waals surface area contributed by atoms with E-state index in [-0.39, 0.29) is 18.5 Å². The van der Waals surface area contributed by atoms with Crippen LogP contribution in [0, 0.1) is 5.92 Å². The lowest BCUT2D eigenvalue weighted by molar-refractivity contribution is -0.137. The smallest absolute Gasteiger partial charge is 0.330 e. The topological polar surface area (TPSA) is 66.8 Å². The van der Waals surface area contributed by atoms with Gasteiger partial charge in [0.1, 0.15) is 0 Å². The van der Waals surface area contributed by atoms with Gasteiger partial charge < -0.3 is 14.9 Å². The van der Waals surface area contributed by atoms with Gasteiger partial charge in [0.15, 0.2) is 0 Å². The molecule has 4 nitrogen and oxygen atoms in total. The number of esters is 1. The molecule has 0 radical (unpaired) electrons. The number of hydrogen-bond donors (Lipinski definition) is 2. The summed E-state index contributed by atoms with van der Waals surface area (Å²) in [6.07, 6.45) is 4.58. The number of ether oxygens (including phenoxy) is 1. The zero-order valence-electron chi connectivity index (χ0n) is 10.1. The molecule has 0 aliphatic carbocycles. The van der Waals surface area contributed by atoms with Crippen LogP contribution in [0.5, 0.6) is 0 Å². The van der Waals surface area contributed by atoms with E-state index in [0.29, 0.717) is 19.4 Å². The van der Waals surface area contributed by atoms with E-state index in [1.54, 1.807) is 13.0 Å². The fourth-order valence-electron chi connectivity index (χ4n) is 1.28. The van der Waals surface area contributed by atoms with E-state index in [2.05, 4.69) is 0 Å². The maximum Gasteiger partial charge on any atom is 0.330 e. The summed E-state index contributed by atoms with van der Waals surface area (Å²) >= 11 is 0. The first-order valence-corrected chi connectivity index (χ1v) is 5.74. The Morgan fingerprint density at radius 1 is 1.38 bits per heavy atom. The lowest BCUT2D eigenvalue weighted by atomic mass is 10.0. The van der Waals surface area contributed by atoms with Gasteiger partial charge >= 0.3 is 5.97 Å². The molecule has 0 fully saturated rings. The Kier molecular flexibility index (Phi) is 8.85. The molecule has 0 aromatic heterocycles. The lowest BCUT2D eigenvalue weighted by Gasteiger charge is -2.10. The van der Waals surface area contributed by atoms with Crippen molar-refractivity contribution >= 4 is 5.97 Å². The highest BCUT2D eigenvalue weighted by molar-refractivity contribution is 5.81. The third kappa shape index (κ3) is 8.44. The highest BCUT2D eigenvalue weighted by Gasteiger charge is 2.06. The van der Waals surface area contributed by atoms with E-state index in [0.717, 1.165) is 6.42 Å². The summed E-state index contributed by atoms with van der Waals surface area (Å²) in [5, 5.41) is 18.0. The molecule has 1 unspecified atom stereocenters. The van der Waals surface area contributed by atoms with Gasteiger partial charge in [-0.25, -0.2) is 4.79 Å². The molecule has 0 rings (SSSR count). The summed E-state index contributed by atoms with van der Waals surface area (Å²) in [6, 6.07) is 0. The predicted octanol–water partition coefficient (Wildman–Crippen LogP) is 1.27. The van der Waals surface area contributed by atoms with Gasteiger partial charge in [-0.05, 0) is 32.1 Å². The molecular formula is C12H22O4. The van der Waals surface area contributed by atoms with Gasteiger partial charge in [-0.15, -0.1) is 0 Å². The second-order valence-corrected chi connectivity index (χ2v) is 3.83. The summed E-state index contributed by atoms with van der Waals surface area (Å²) in [5.41, 5.74) is 0. The molecule has 16 heavy (non-hydrogen) atoms. The fourth-order valence-corrected chi connectivity index (χ4v) is 1.28. The molecule has 0 spiro atoms. The van der Waals surface area contributed by atoms with Gasteiger partial charge in [-0.2, -0.15) is 0 Å². The van der Waals surface area contributed by atoms with Gasteiger partial charge in [-0.3, -0.25) is 0 Å². The van der Waals surface area contributed by atoms with Crippen molar-refractivity contribution in [3.8, 4) is 0 Å². The van der Waals surface area contributed by atoms with Gasteiger partial charge in [-0.1, -0.05) is 13.0 Å². The molecule has 0 heterocycles. The number of hydrogen-bond acceptors (Lipinski definition) is 4. The molecule has 2 N–H and O–H groups in total. The van der Waals surface area contributed by atoms with Gasteiger partial charge in [0.05, 0.1) is 12.7 Å². The first-order chi connectivity index (χ1) is 7.60. The minimum Gasteiger partial charge on any atom is -0.463 e. The van der Waals surface area contributed by atoms with Crippen LogP contribution in [0.25, 0.3) is 0 Å². The Morgan fingerprint density at radius 2 is 2.06 bits per heavy atom. The Labute approximate surface area is 96.9 Å². The van der Waals surface area contributed by atoms with Crippen molar-refractivity contribution in [2.24, 2.45) is 5.92 Å². The van der Waals surface area contributed by atoms with Crippen molar-refractivity contribution in [3.63, 3.8) is 0 Å². The fraction of sp³-hybridized carbons (Fsp3) is 0.750. The summed E-state index contributed by atoms with van der Waals surface area (Å²) in [4.78, 5) is 11.0. The predicted molar refractivity (Wildman–Crippen MR) is 61.9 cm³/mol. The molecule has 0 saturated heterocycles. The summed E-state index contributed by atoms with van der Waals surface area (Å²) in [5.74, 6) is -0.108. The Balaban J connectivity index is 3.72. The van der Waals surface area contributed by atoms with Gasteiger partial charge in [0.25, 0.3) is 0 Å². The third-order valence-electron chi connectivity index (χ3n) is 2.26. The van der Waals surface area contributed by atoms with Crippen molar-refractivity contribution in [1.29, 1.82) is 0 Å². The van der Waals surface area contributed by atoms with Crippen LogP contribution >= 0.6 is 0 Å². The zero-order valence-corrected chi connectivity index (χ0v) is 10.1. The molecule has 0 aromatic rings. The summed E-state index contributed by atoms with van der Waals surface area (Å²) < 4.78 is 4.75. The van der Waals surface area contributed by atoms with E-state index in [9.17, 15) is 9.90 Å². The quantitative estimate of drug-likeness (QED) is 0.486. The van der Waals surface area contributed by atoms with E-state index in [1.807, 2.05) is 6.92 Å². The SMILES string of the molecule is CCOC(=O)/C=C/C(C)CC[C@H](O)CCO. The van der Waals surface area contributed by atoms with Crippen molar-refractivity contribution in [3.05, 3.63) is 12.2 Å². The lowest BCUT2D eigenvalue weighted by Crippen LogP contribution is -2.10. The van der Waals surface area contributed by atoms with E-state index >= 15 is 0 Å². The van der Waals surface area contributed by atoms with E-state index < -0.39 is 6.10 Å². The van der Waals surface area contributed by atoms with Crippen LogP contribution in [0.3, 0.4) is 0 Å². The maximum absolute atomic E-state index is 11.0. The number of aliphatic hydroxyl groups is 2. The maximum atomic E-state index is 11.0. The van der Waals surface area contributed by atoms with Gasteiger partial charge in [0, 0.05) is 12.7 Å². The minimum absolute atomic E-state index is 0.00815. The molecule has 0 aromatic carbocycles. The molecule has 0 aliphatic heterocycles. The molecule has 0 bridgehead atoms. The third-order valence-corrected chi connectivity index (χ3v) is 2.26. The summed E-state index contributed by atoms with van der Waals surface area (Å²) in [7, 11) is 0. The largest absolute Gasteiger partial charge is 0.463 e. The van der Waals surface area contributed by atoms with Crippen LogP contribution in [-0.2, 0) is 9.53 Å². The van der Waals surface area contributed by atoms with Crippen molar-refractivity contribution in [2.75, 3.05) is 13.2 Å². The monoisotopic (exact) mass is 230 g/mol. The highest BCUT2D eigenvalue weighted by atomic mass is 16.5. The van der Waals surface area contributed by atoms with E-state index in [4.69, 9.17) is 9.84 Å². The molecular weight excluding hydrogens is 208 g/mol. The first kappa shape index (κ1) is 15.1. The zero-order chi connectivity index (χ0) is 12.4. The average Bonchev–Trinajstić information content (AvgIpc) is 2.24. The molecule has 0 aliphatic rings. The summed E-state index contributed by atoms with van der Waals surface area (Å²) in [6.45, 7) is 4.13. The van der Waals surface area contributed by atoms with Crippen LogP contribution in [0.1, 0.15) is 33.1 Å². The number of carbonyl (C=O) groups is 1. The standard InChI is InChI=1S/C12H22O4/c1-3-16-12(15)7-5-10(2)4-6-11(14)8-9-13/h5,7,10-11,13-14H,3-4,6,8-9H2,1-2H3/b7-5+/t10?,11-/m0/s1. The van der Waals surface area contributed by atoms with Crippen LogP contribution in [0.4, 0.5) is 0 Å². The number of aliphatic hydroxyl groups excluding tert-OH is 2. The molecule has 2 atom stereocenters. The van der Waals surface area contributed by atoms with Gasteiger partial charge in [0.2, 0.25) is 0 Å². The van der Waals surface area contributed by atoms with Crippen LogP contribution in [0.2, 0.25) is 0 Å². The van der Waals surface area contributed by atoms with Crippen LogP contribution in [-0.4, -0.2) is 35.5 Å². The average molecular weight is 230 g/mol. The number of carbonyl (C=O) groups excluding carboxylic acids is 1. The highest BCUT2D eigenvalue weighted by Crippen LogP contribution is 2.11. The van der Waals surface area contributed by atoms with Crippen molar-refractivity contribution in [2.45, 2.75) is 39.2 Å². The molecule has 94 valence electrons. The second-order valence-electron chi connectivity index (χ2n) is 3.83. The molecule has 0 amide bonds. The number of allylic oxidation sites excluding steroid dienone is 1. The molecule has 4 heteroatoms. The van der Waals surface area contributed by atoms with E-state index in [1.165, 1.54) is 6.08 Å². The Hall–Kier alpha value is -0.870. The minimum atomic E-state index is -0.455. The Morgan fingerprint density at radius 3 is 2.62 bits per heavy atom. The van der Waals surface area contributed by atoms with Crippen LogP contribution < -0.4 is 0 Å². The van der Waals surface area contributed by atoms with Crippen molar-refractivity contribution < 1.29 is 19.7 Å². The van der Waals surface area contributed by atoms with Crippen molar-refractivity contribution in [1.82, 2.24) is 0 Å².